The Labute approximate surface area is 201 Å². The normalized spacial score (nSPS) is 33.9. The number of imidazole rings is 1. The number of aromatic nitrogens is 2. The quantitative estimate of drug-likeness (QED) is 0.481. The summed E-state index contributed by atoms with van der Waals surface area (Å²) in [5.74, 6) is 1.65. The van der Waals surface area contributed by atoms with Crippen LogP contribution < -0.4 is 0 Å². The van der Waals surface area contributed by atoms with E-state index >= 15 is 0 Å². The lowest BCUT2D eigenvalue weighted by Gasteiger charge is -2.55. The standard InChI is InChI=1S/C27H36N4O3/c32-27(33)17-34-28-16-26-29-24-9-1-2-10-25(24)31(26)23-14-20-7-4-8-21(15-23)30(20)22-12-18-5-3-6-19(11-18)13-22/h1-2,9-10,16,18-23H,3-8,11-15,17H2,(H,32,33)/b28-16+/t18-,19+,20-,21+,22?,23?. The molecular weight excluding hydrogens is 428 g/mol. The van der Waals surface area contributed by atoms with E-state index in [4.69, 9.17) is 14.9 Å². The van der Waals surface area contributed by atoms with Crippen LogP contribution in [0.5, 0.6) is 0 Å². The molecule has 6 rings (SSSR count). The molecule has 34 heavy (non-hydrogen) atoms. The van der Waals surface area contributed by atoms with E-state index in [0.717, 1.165) is 47.6 Å². The number of hydrogen-bond donors (Lipinski definition) is 1. The summed E-state index contributed by atoms with van der Waals surface area (Å²) in [6.07, 6.45) is 16.5. The van der Waals surface area contributed by atoms with Crippen LogP contribution >= 0.6 is 0 Å². The van der Waals surface area contributed by atoms with Gasteiger partial charge in [-0.1, -0.05) is 43.0 Å². The van der Waals surface area contributed by atoms with Crippen LogP contribution in [-0.4, -0.2) is 56.5 Å². The zero-order chi connectivity index (χ0) is 23.1. The summed E-state index contributed by atoms with van der Waals surface area (Å²) in [6.45, 7) is -0.442. The largest absolute Gasteiger partial charge is 0.479 e. The Morgan fingerprint density at radius 1 is 0.971 bits per heavy atom. The molecule has 7 nitrogen and oxygen atoms in total. The number of nitrogens with zero attached hydrogens (tertiary/aromatic N) is 4. The van der Waals surface area contributed by atoms with Gasteiger partial charge >= 0.3 is 5.97 Å². The van der Waals surface area contributed by atoms with E-state index in [2.05, 4.69) is 26.8 Å². The van der Waals surface area contributed by atoms with Crippen molar-refractivity contribution < 1.29 is 14.7 Å². The Morgan fingerprint density at radius 2 is 1.68 bits per heavy atom. The third-order valence-electron chi connectivity index (χ3n) is 8.95. The summed E-state index contributed by atoms with van der Waals surface area (Å²) in [5, 5.41) is 12.8. The van der Waals surface area contributed by atoms with Crippen LogP contribution in [0, 0.1) is 11.8 Å². The Balaban J connectivity index is 1.26. The fourth-order valence-electron chi connectivity index (χ4n) is 7.85. The first-order chi connectivity index (χ1) is 16.7. The van der Waals surface area contributed by atoms with E-state index in [-0.39, 0.29) is 0 Å². The number of carboxylic acids is 1. The minimum atomic E-state index is -1.03. The SMILES string of the molecule is O=C(O)CO/N=C/c1nc2ccccc2n1C1C[C@H]2CCC[C@@H](C1)N2C1C[C@H]2CCC[C@@H](C1)C2. The zero-order valence-electron chi connectivity index (χ0n) is 19.9. The molecule has 1 N–H and O–H groups in total. The van der Waals surface area contributed by atoms with Gasteiger partial charge in [0.05, 0.1) is 11.0 Å². The summed E-state index contributed by atoms with van der Waals surface area (Å²) in [5.41, 5.74) is 2.08. The van der Waals surface area contributed by atoms with Gasteiger partial charge in [-0.25, -0.2) is 9.78 Å². The van der Waals surface area contributed by atoms with Crippen molar-refractivity contribution >= 4 is 23.2 Å². The average Bonchev–Trinajstić information content (AvgIpc) is 3.19. The first kappa shape index (κ1) is 22.1. The minimum Gasteiger partial charge on any atom is -0.479 e. The van der Waals surface area contributed by atoms with Crippen molar-refractivity contribution in [3.63, 3.8) is 0 Å². The van der Waals surface area contributed by atoms with Crippen LogP contribution in [0.3, 0.4) is 0 Å². The highest BCUT2D eigenvalue weighted by Crippen LogP contribution is 2.47. The summed E-state index contributed by atoms with van der Waals surface area (Å²) in [4.78, 5) is 23.5. The molecule has 182 valence electrons. The van der Waals surface area contributed by atoms with Crippen molar-refractivity contribution in [2.24, 2.45) is 17.0 Å². The van der Waals surface area contributed by atoms with E-state index in [0.29, 0.717) is 18.1 Å². The Bertz CT molecular complexity index is 1040. The van der Waals surface area contributed by atoms with Gasteiger partial charge in [-0.2, -0.15) is 0 Å². The van der Waals surface area contributed by atoms with E-state index in [9.17, 15) is 4.79 Å². The van der Waals surface area contributed by atoms with Gasteiger partial charge in [0.15, 0.2) is 5.82 Å². The second kappa shape index (κ2) is 9.33. The molecule has 2 aliphatic carbocycles. The van der Waals surface area contributed by atoms with Crippen molar-refractivity contribution in [2.45, 2.75) is 94.8 Å². The van der Waals surface area contributed by atoms with Crippen LogP contribution in [0.1, 0.15) is 82.5 Å². The number of aliphatic carboxylic acids is 1. The molecule has 2 unspecified atom stereocenters. The Hall–Kier alpha value is -2.41. The molecule has 0 radical (unpaired) electrons. The molecule has 2 saturated carbocycles. The monoisotopic (exact) mass is 464 g/mol. The Kier molecular flexibility index (Phi) is 6.06. The lowest BCUT2D eigenvalue weighted by molar-refractivity contribution is -0.142. The first-order valence-electron chi connectivity index (χ1n) is 13.3. The summed E-state index contributed by atoms with van der Waals surface area (Å²) >= 11 is 0. The van der Waals surface area contributed by atoms with Gasteiger partial charge in [-0.3, -0.25) is 4.90 Å². The number of rotatable bonds is 6. The van der Waals surface area contributed by atoms with Gasteiger partial charge in [0.2, 0.25) is 6.61 Å². The van der Waals surface area contributed by atoms with E-state index in [1.807, 2.05) is 12.1 Å². The molecule has 1 aromatic heterocycles. The van der Waals surface area contributed by atoms with Crippen LogP contribution in [-0.2, 0) is 9.63 Å². The molecule has 2 saturated heterocycles. The smallest absolute Gasteiger partial charge is 0.344 e. The van der Waals surface area contributed by atoms with Crippen molar-refractivity contribution in [1.29, 1.82) is 0 Å². The van der Waals surface area contributed by atoms with Gasteiger partial charge in [0.25, 0.3) is 0 Å². The van der Waals surface area contributed by atoms with Crippen LogP contribution in [0.4, 0.5) is 0 Å². The van der Waals surface area contributed by atoms with Gasteiger partial charge in [-0.15, -0.1) is 0 Å². The molecular formula is C27H36N4O3. The second-order valence-corrected chi connectivity index (χ2v) is 11.1. The van der Waals surface area contributed by atoms with Crippen LogP contribution in [0.2, 0.25) is 0 Å². The third kappa shape index (κ3) is 4.23. The maximum Gasteiger partial charge on any atom is 0.344 e. The van der Waals surface area contributed by atoms with Crippen molar-refractivity contribution in [3.05, 3.63) is 30.1 Å². The minimum absolute atomic E-state index is 0.378. The molecule has 1 aromatic carbocycles. The second-order valence-electron chi connectivity index (χ2n) is 11.1. The van der Waals surface area contributed by atoms with Crippen molar-refractivity contribution in [3.8, 4) is 0 Å². The topological polar surface area (TPSA) is 80.0 Å². The maximum absolute atomic E-state index is 10.8. The number of carbonyl (C=O) groups is 1. The highest BCUT2D eigenvalue weighted by atomic mass is 16.6. The molecule has 3 heterocycles. The lowest BCUT2D eigenvalue weighted by atomic mass is 9.68. The van der Waals surface area contributed by atoms with Crippen molar-refractivity contribution in [2.75, 3.05) is 6.61 Å². The average molecular weight is 465 g/mol. The van der Waals surface area contributed by atoms with E-state index < -0.39 is 12.6 Å². The number of fused-ring (bicyclic) bond motifs is 5. The molecule has 2 aliphatic heterocycles. The molecule has 4 bridgehead atoms. The van der Waals surface area contributed by atoms with Crippen LogP contribution in [0.15, 0.2) is 29.4 Å². The number of piperidine rings is 2. The maximum atomic E-state index is 10.8. The Morgan fingerprint density at radius 3 is 2.41 bits per heavy atom. The lowest BCUT2D eigenvalue weighted by Crippen LogP contribution is -2.58. The van der Waals surface area contributed by atoms with Crippen molar-refractivity contribution in [1.82, 2.24) is 14.5 Å². The molecule has 4 fully saturated rings. The van der Waals surface area contributed by atoms with Gasteiger partial charge in [0, 0.05) is 24.2 Å². The first-order valence-corrected chi connectivity index (χ1v) is 13.3. The summed E-state index contributed by atoms with van der Waals surface area (Å²) < 4.78 is 2.35. The predicted molar refractivity (Wildman–Crippen MR) is 131 cm³/mol. The summed E-state index contributed by atoms with van der Waals surface area (Å²) in [6, 6.07) is 10.7. The highest BCUT2D eigenvalue weighted by Gasteiger charge is 2.45. The number of oxime groups is 1. The highest BCUT2D eigenvalue weighted by molar-refractivity contribution is 5.85. The fraction of sp³-hybridized carbons (Fsp3) is 0.667. The molecule has 2 aromatic rings. The van der Waals surface area contributed by atoms with Gasteiger partial charge in [-0.05, 0) is 68.9 Å². The number of hydrogen-bond acceptors (Lipinski definition) is 5. The number of para-hydroxylation sites is 2. The molecule has 0 spiro atoms. The summed E-state index contributed by atoms with van der Waals surface area (Å²) in [7, 11) is 0. The molecule has 0 amide bonds. The number of benzene rings is 1. The zero-order valence-corrected chi connectivity index (χ0v) is 19.9. The van der Waals surface area contributed by atoms with E-state index in [1.54, 1.807) is 6.21 Å². The molecule has 7 heteroatoms. The molecule has 6 atom stereocenters. The van der Waals surface area contributed by atoms with Crippen LogP contribution in [0.25, 0.3) is 11.0 Å². The number of carboxylic acid groups (broad SMARTS) is 1. The van der Waals surface area contributed by atoms with E-state index in [1.165, 1.54) is 57.8 Å². The third-order valence-corrected chi connectivity index (χ3v) is 8.95. The molecule has 4 aliphatic rings. The fourth-order valence-corrected chi connectivity index (χ4v) is 7.85. The predicted octanol–water partition coefficient (Wildman–Crippen LogP) is 5.00. The van der Waals surface area contributed by atoms with Gasteiger partial charge in [0.1, 0.15) is 6.21 Å². The van der Waals surface area contributed by atoms with Gasteiger partial charge < -0.3 is 14.5 Å².